The molecule has 2 fully saturated rings. The summed E-state index contributed by atoms with van der Waals surface area (Å²) in [4.78, 5) is 13.6. The van der Waals surface area contributed by atoms with Crippen LogP contribution in [0.2, 0.25) is 0 Å². The lowest BCUT2D eigenvalue weighted by atomic mass is 9.97. The van der Waals surface area contributed by atoms with E-state index < -0.39 is 120 Å². The Balaban J connectivity index is 1.49. The third kappa shape index (κ3) is 5.61. The zero-order chi connectivity index (χ0) is 32.0. The first-order valence-corrected chi connectivity index (χ1v) is 13.2. The minimum Gasteiger partial charge on any atom is -0.508 e. The Morgan fingerprint density at radius 2 is 1.36 bits per heavy atom. The normalized spacial score (nSPS) is 32.5. The summed E-state index contributed by atoms with van der Waals surface area (Å²) in [5.41, 5.74) is -1.41. The zero-order valence-corrected chi connectivity index (χ0v) is 22.4. The fourth-order valence-corrected chi connectivity index (χ4v) is 5.00. The van der Waals surface area contributed by atoms with Crippen molar-refractivity contribution < 1.29 is 79.5 Å². The summed E-state index contributed by atoms with van der Waals surface area (Å²) in [6.07, 6.45) is -17.7. The van der Waals surface area contributed by atoms with Gasteiger partial charge < -0.3 is 79.5 Å². The van der Waals surface area contributed by atoms with Crippen LogP contribution in [0.1, 0.15) is 0 Å². The number of aromatic hydroxyl groups is 4. The van der Waals surface area contributed by atoms with E-state index in [2.05, 4.69) is 0 Å². The van der Waals surface area contributed by atoms with Crippen molar-refractivity contribution >= 4 is 11.0 Å². The predicted molar refractivity (Wildman–Crippen MR) is 142 cm³/mol. The van der Waals surface area contributed by atoms with Crippen LogP contribution in [0.3, 0.4) is 0 Å². The van der Waals surface area contributed by atoms with Crippen molar-refractivity contribution in [1.82, 2.24) is 0 Å². The molecule has 240 valence electrons. The van der Waals surface area contributed by atoms with Gasteiger partial charge in [0, 0.05) is 17.7 Å². The van der Waals surface area contributed by atoms with Gasteiger partial charge in [-0.15, -0.1) is 0 Å². The van der Waals surface area contributed by atoms with Crippen LogP contribution in [-0.2, 0) is 14.2 Å². The SMILES string of the molecule is O=c1c(O[C@H]2O[C@@H](CO)[C@H](O[C@@H]3O[C@H](CO)[C@H](O)[C@@H](O)[C@@H]3O)[C@@H](O)[C@@H]2O)c(-c2ccc(O)c(O)c2)oc2cc(O)cc(O)c12. The maximum Gasteiger partial charge on any atom is 0.239 e. The Hall–Kier alpha value is -3.75. The van der Waals surface area contributed by atoms with Gasteiger partial charge in [0.05, 0.1) is 13.2 Å². The molecule has 0 spiro atoms. The molecule has 2 aliphatic heterocycles. The van der Waals surface area contributed by atoms with Crippen molar-refractivity contribution in [2.45, 2.75) is 61.4 Å². The van der Waals surface area contributed by atoms with Crippen molar-refractivity contribution in [1.29, 1.82) is 0 Å². The van der Waals surface area contributed by atoms with E-state index in [1.165, 1.54) is 6.07 Å². The van der Waals surface area contributed by atoms with E-state index in [1.54, 1.807) is 0 Å². The number of hydrogen-bond acceptors (Lipinski definition) is 17. The van der Waals surface area contributed by atoms with Gasteiger partial charge >= 0.3 is 0 Å². The molecule has 0 saturated carbocycles. The fraction of sp³-hybridized carbons (Fsp3) is 0.444. The molecule has 2 aromatic carbocycles. The topological polar surface area (TPSA) is 290 Å². The Morgan fingerprint density at radius 1 is 0.705 bits per heavy atom. The van der Waals surface area contributed by atoms with Crippen LogP contribution in [-0.4, -0.2) is 131 Å². The molecule has 5 rings (SSSR count). The Kier molecular flexibility index (Phi) is 8.87. The van der Waals surface area contributed by atoms with E-state index >= 15 is 0 Å². The number of hydrogen-bond donors (Lipinski definition) is 11. The number of rotatable bonds is 7. The Bertz CT molecular complexity index is 1550. The van der Waals surface area contributed by atoms with Gasteiger partial charge in [-0.3, -0.25) is 4.79 Å². The second-order valence-corrected chi connectivity index (χ2v) is 10.3. The Labute approximate surface area is 246 Å². The van der Waals surface area contributed by atoms with Gasteiger partial charge in [0.25, 0.3) is 0 Å². The minimum atomic E-state index is -2.04. The van der Waals surface area contributed by atoms with Crippen molar-refractivity contribution in [2.24, 2.45) is 0 Å². The van der Waals surface area contributed by atoms with Crippen LogP contribution in [0.4, 0.5) is 0 Å². The molecule has 0 radical (unpaired) electrons. The van der Waals surface area contributed by atoms with Crippen molar-refractivity contribution in [3.05, 3.63) is 40.6 Å². The first kappa shape index (κ1) is 31.7. The number of ether oxygens (including phenoxy) is 4. The lowest BCUT2D eigenvalue weighted by Crippen LogP contribution is -2.65. The lowest BCUT2D eigenvalue weighted by Gasteiger charge is -2.45. The zero-order valence-electron chi connectivity index (χ0n) is 22.4. The Morgan fingerprint density at radius 3 is 2.02 bits per heavy atom. The molecule has 17 heteroatoms. The average molecular weight is 627 g/mol. The summed E-state index contributed by atoms with van der Waals surface area (Å²) >= 11 is 0. The molecule has 0 unspecified atom stereocenters. The number of phenolic OH excluding ortho intramolecular Hbond substituents is 4. The highest BCUT2D eigenvalue weighted by molar-refractivity contribution is 5.88. The quantitative estimate of drug-likeness (QED) is 0.119. The first-order valence-electron chi connectivity index (χ1n) is 13.2. The van der Waals surface area contributed by atoms with Crippen LogP contribution in [0.25, 0.3) is 22.3 Å². The maximum absolute atomic E-state index is 13.6. The fourth-order valence-electron chi connectivity index (χ4n) is 5.00. The minimum absolute atomic E-state index is 0.0504. The molecular weight excluding hydrogens is 596 g/mol. The molecule has 11 N–H and O–H groups in total. The van der Waals surface area contributed by atoms with E-state index in [-0.39, 0.29) is 11.1 Å². The van der Waals surface area contributed by atoms with E-state index in [0.29, 0.717) is 0 Å². The molecule has 10 atom stereocenters. The molecular formula is C27H30O17. The van der Waals surface area contributed by atoms with E-state index in [0.717, 1.165) is 24.3 Å². The molecule has 0 amide bonds. The first-order chi connectivity index (χ1) is 20.9. The second kappa shape index (κ2) is 12.3. The summed E-state index contributed by atoms with van der Waals surface area (Å²) in [6, 6.07) is 5.17. The third-order valence-electron chi connectivity index (χ3n) is 7.35. The van der Waals surface area contributed by atoms with Gasteiger partial charge in [0.2, 0.25) is 17.5 Å². The standard InChI is InChI=1S/C27H30O17/c28-6-14-17(34)19(36)21(38)26(41-14)43-24-15(7-29)42-27(22(39)20(24)37)44-25-18(35)16-12(33)4-9(30)5-13(16)40-23(25)8-1-2-10(31)11(32)3-8/h1-5,14-15,17,19-22,24,26-34,36-39H,6-7H2/t14-,15+,17+,19-,20+,21+,22+,24+,26+,27-/m1/s1. The average Bonchev–Trinajstić information content (AvgIpc) is 2.98. The second-order valence-electron chi connectivity index (χ2n) is 10.3. The van der Waals surface area contributed by atoms with Crippen LogP contribution >= 0.6 is 0 Å². The van der Waals surface area contributed by atoms with Gasteiger partial charge in [0.1, 0.15) is 71.3 Å². The van der Waals surface area contributed by atoms with E-state index in [1.807, 2.05) is 0 Å². The molecule has 1 aromatic heterocycles. The monoisotopic (exact) mass is 626 g/mol. The van der Waals surface area contributed by atoms with Crippen molar-refractivity contribution in [3.63, 3.8) is 0 Å². The van der Waals surface area contributed by atoms with Crippen molar-refractivity contribution in [2.75, 3.05) is 13.2 Å². The molecule has 3 heterocycles. The number of aliphatic hydroxyl groups is 7. The number of fused-ring (bicyclic) bond motifs is 1. The third-order valence-corrected chi connectivity index (χ3v) is 7.35. The number of aliphatic hydroxyl groups excluding tert-OH is 7. The summed E-state index contributed by atoms with van der Waals surface area (Å²) in [5.74, 6) is -3.44. The summed E-state index contributed by atoms with van der Waals surface area (Å²) < 4.78 is 27.8. The summed E-state index contributed by atoms with van der Waals surface area (Å²) in [5, 5.41) is 111. The van der Waals surface area contributed by atoms with Gasteiger partial charge in [0.15, 0.2) is 23.5 Å². The van der Waals surface area contributed by atoms with E-state index in [4.69, 9.17) is 23.4 Å². The highest BCUT2D eigenvalue weighted by atomic mass is 16.7. The number of phenols is 4. The van der Waals surface area contributed by atoms with E-state index in [9.17, 15) is 61.0 Å². The molecule has 3 aromatic rings. The largest absolute Gasteiger partial charge is 0.508 e. The summed E-state index contributed by atoms with van der Waals surface area (Å²) in [7, 11) is 0. The van der Waals surface area contributed by atoms with Gasteiger partial charge in [-0.2, -0.15) is 0 Å². The van der Waals surface area contributed by atoms with Crippen LogP contribution in [0, 0.1) is 0 Å². The highest BCUT2D eigenvalue weighted by Crippen LogP contribution is 2.39. The molecule has 44 heavy (non-hydrogen) atoms. The van der Waals surface area contributed by atoms with Crippen molar-refractivity contribution in [3.8, 4) is 40.1 Å². The maximum atomic E-state index is 13.6. The lowest BCUT2D eigenvalue weighted by molar-refractivity contribution is -0.352. The predicted octanol–water partition coefficient (Wildman–Crippen LogP) is -2.71. The summed E-state index contributed by atoms with van der Waals surface area (Å²) in [6.45, 7) is -1.67. The molecule has 2 saturated heterocycles. The molecule has 0 aliphatic carbocycles. The van der Waals surface area contributed by atoms with Gasteiger partial charge in [-0.05, 0) is 18.2 Å². The molecule has 0 bridgehead atoms. The smallest absolute Gasteiger partial charge is 0.239 e. The van der Waals surface area contributed by atoms with Gasteiger partial charge in [-0.1, -0.05) is 0 Å². The van der Waals surface area contributed by atoms with Crippen LogP contribution in [0.15, 0.2) is 39.5 Å². The van der Waals surface area contributed by atoms with Crippen LogP contribution in [0.5, 0.6) is 28.7 Å². The highest BCUT2D eigenvalue weighted by Gasteiger charge is 2.51. The molecule has 2 aliphatic rings. The van der Waals surface area contributed by atoms with Crippen LogP contribution < -0.4 is 10.2 Å². The number of benzene rings is 2. The molecule has 17 nitrogen and oxygen atoms in total. The van der Waals surface area contributed by atoms with Gasteiger partial charge in [-0.25, -0.2) is 0 Å².